The van der Waals surface area contributed by atoms with Gasteiger partial charge in [0.1, 0.15) is 16.7 Å². The van der Waals surface area contributed by atoms with E-state index in [9.17, 15) is 14.1 Å². The highest BCUT2D eigenvalue weighted by Crippen LogP contribution is 2.46. The first-order valence-electron chi connectivity index (χ1n) is 15.9. The number of aryl methyl sites for hydroxylation is 1. The van der Waals surface area contributed by atoms with Crippen molar-refractivity contribution in [2.24, 2.45) is 29.6 Å². The highest BCUT2D eigenvalue weighted by atomic mass is 35.5. The normalized spacial score (nSPS) is 32.2. The molecule has 0 aromatic heterocycles. The molecule has 2 N–H and O–H groups in total. The molecule has 1 fully saturated rings. The van der Waals surface area contributed by atoms with Crippen LogP contribution in [0.1, 0.15) is 81.3 Å². The Hall–Kier alpha value is -2.35. The van der Waals surface area contributed by atoms with Crippen molar-refractivity contribution in [3.8, 4) is 5.75 Å². The third-order valence-electron chi connectivity index (χ3n) is 9.80. The Balaban J connectivity index is 1.55. The fourth-order valence-corrected chi connectivity index (χ4v) is 9.12. The van der Waals surface area contributed by atoms with Gasteiger partial charge in [-0.15, -0.1) is 0 Å². The second kappa shape index (κ2) is 13.7. The number of carbonyl (C=O) groups is 1. The van der Waals surface area contributed by atoms with Crippen molar-refractivity contribution in [1.29, 1.82) is 0 Å². The summed E-state index contributed by atoms with van der Waals surface area (Å²) in [5, 5.41) is 11.8. The zero-order valence-corrected chi connectivity index (χ0v) is 27.7. The minimum Gasteiger partial charge on any atom is -0.491 e. The molecular formula is C35H47ClN2O4S. The van der Waals surface area contributed by atoms with Gasteiger partial charge in [0.15, 0.2) is 0 Å². The molecule has 2 aromatic rings. The van der Waals surface area contributed by atoms with Gasteiger partial charge < -0.3 is 14.7 Å². The van der Waals surface area contributed by atoms with Crippen LogP contribution in [-0.2, 0) is 17.4 Å². The van der Waals surface area contributed by atoms with E-state index >= 15 is 0 Å². The number of hydrogen-bond donors (Lipinski definition) is 2. The van der Waals surface area contributed by atoms with Crippen LogP contribution in [0.3, 0.4) is 0 Å². The maximum Gasteiger partial charge on any atom is 0.263 e. The Morgan fingerprint density at radius 2 is 1.91 bits per heavy atom. The van der Waals surface area contributed by atoms with E-state index in [-0.39, 0.29) is 34.8 Å². The van der Waals surface area contributed by atoms with Crippen LogP contribution < -0.4 is 14.4 Å². The molecule has 234 valence electrons. The molecule has 2 heterocycles. The van der Waals surface area contributed by atoms with Crippen LogP contribution in [0.15, 0.2) is 48.6 Å². The summed E-state index contributed by atoms with van der Waals surface area (Å²) in [6, 6.07) is 11.7. The standard InChI is InChI=1S/C35H47ClN2O4S/c1-6-8-24-16-27(36)12-13-28(24)26-18-38-19-30-23(5)15-29(30)32(39)10-7-9-22(4)34(21(2)3)43(41)37-35(40)25-11-14-33(42-20-26)31(38)17-25/h7,10-14,16-17,21-23,26,29-30,32,34,39H,6,8-9,15,18-20H2,1-5H3,(H,37,40)/b10-7+. The van der Waals surface area contributed by atoms with Crippen LogP contribution in [0, 0.1) is 29.6 Å². The molecule has 1 aliphatic carbocycles. The summed E-state index contributed by atoms with van der Waals surface area (Å²) in [6.07, 6.45) is 7.09. The number of aliphatic hydroxyl groups is 1. The molecular weight excluding hydrogens is 580 g/mol. The summed E-state index contributed by atoms with van der Waals surface area (Å²) in [5.74, 6) is 1.63. The van der Waals surface area contributed by atoms with E-state index in [1.807, 2.05) is 44.2 Å². The second-order valence-corrected chi connectivity index (χ2v) is 15.1. The van der Waals surface area contributed by atoms with Crippen LogP contribution in [0.25, 0.3) is 0 Å². The van der Waals surface area contributed by atoms with E-state index in [1.54, 1.807) is 6.07 Å². The predicted molar refractivity (Wildman–Crippen MR) is 176 cm³/mol. The summed E-state index contributed by atoms with van der Waals surface area (Å²) in [7, 11) is -1.56. The Bertz CT molecular complexity index is 1360. The number of halogens is 1. The topological polar surface area (TPSA) is 78.9 Å². The van der Waals surface area contributed by atoms with Crippen molar-refractivity contribution in [1.82, 2.24) is 4.72 Å². The SMILES string of the molecule is CCCc1cc(Cl)ccc1C1COc2ccc3cc2N(C1)CC1C(C)CC1C(O)/C=C/CC(C)C(C(C)C)S(=O)NC3=O. The van der Waals surface area contributed by atoms with Crippen LogP contribution in [0.2, 0.25) is 5.02 Å². The Kier molecular flexibility index (Phi) is 10.2. The highest BCUT2D eigenvalue weighted by Gasteiger charge is 2.43. The molecule has 0 saturated heterocycles. The van der Waals surface area contributed by atoms with Crippen LogP contribution in [-0.4, -0.2) is 46.3 Å². The van der Waals surface area contributed by atoms with E-state index in [2.05, 4.69) is 42.5 Å². The largest absolute Gasteiger partial charge is 0.491 e. The van der Waals surface area contributed by atoms with E-state index in [0.29, 0.717) is 30.4 Å². The fourth-order valence-electron chi connectivity index (χ4n) is 7.47. The average Bonchev–Trinajstić information content (AvgIpc) is 3.13. The van der Waals surface area contributed by atoms with Gasteiger partial charge >= 0.3 is 0 Å². The number of hydrogen-bond acceptors (Lipinski definition) is 5. The van der Waals surface area contributed by atoms with Crippen LogP contribution in [0.4, 0.5) is 5.69 Å². The lowest BCUT2D eigenvalue weighted by Gasteiger charge is -2.47. The summed E-state index contributed by atoms with van der Waals surface area (Å²) < 4.78 is 22.8. The van der Waals surface area contributed by atoms with Gasteiger partial charge in [-0.3, -0.25) is 9.52 Å². The van der Waals surface area contributed by atoms with Crippen molar-refractivity contribution in [3.05, 3.63) is 70.3 Å². The number of allylic oxidation sites excluding steroid dienone is 1. The van der Waals surface area contributed by atoms with Crippen molar-refractivity contribution < 1.29 is 18.8 Å². The first-order chi connectivity index (χ1) is 20.6. The smallest absolute Gasteiger partial charge is 0.263 e. The van der Waals surface area contributed by atoms with Gasteiger partial charge in [-0.1, -0.05) is 70.9 Å². The summed E-state index contributed by atoms with van der Waals surface area (Å²) >= 11 is 6.41. The maximum absolute atomic E-state index is 13.5. The molecule has 1 saturated carbocycles. The van der Waals surface area contributed by atoms with Crippen molar-refractivity contribution in [3.63, 3.8) is 0 Å². The van der Waals surface area contributed by atoms with Gasteiger partial charge in [0, 0.05) is 29.6 Å². The number of fused-ring (bicyclic) bond motifs is 2. The average molecular weight is 627 g/mol. The molecule has 8 unspecified atom stereocenters. The van der Waals surface area contributed by atoms with E-state index in [4.69, 9.17) is 16.3 Å². The van der Waals surface area contributed by atoms with Gasteiger partial charge in [0.25, 0.3) is 5.91 Å². The van der Waals surface area contributed by atoms with E-state index in [1.165, 1.54) is 11.1 Å². The summed E-state index contributed by atoms with van der Waals surface area (Å²) in [4.78, 5) is 15.9. The summed E-state index contributed by atoms with van der Waals surface area (Å²) in [6.45, 7) is 12.6. The molecule has 6 nitrogen and oxygen atoms in total. The first-order valence-corrected chi connectivity index (χ1v) is 17.5. The highest BCUT2D eigenvalue weighted by molar-refractivity contribution is 7.84. The lowest BCUT2D eigenvalue weighted by atomic mass is 9.63. The van der Waals surface area contributed by atoms with Crippen LogP contribution >= 0.6 is 11.6 Å². The lowest BCUT2D eigenvalue weighted by Crippen LogP contribution is -2.48. The van der Waals surface area contributed by atoms with Gasteiger partial charge in [0.2, 0.25) is 0 Å². The number of aliphatic hydroxyl groups excluding tert-OH is 1. The number of carbonyl (C=O) groups excluding carboxylic acids is 1. The molecule has 2 aromatic carbocycles. The number of nitrogens with zero attached hydrogens (tertiary/aromatic N) is 1. The number of ether oxygens (including phenoxy) is 1. The summed E-state index contributed by atoms with van der Waals surface area (Å²) in [5.41, 5.74) is 3.83. The minimum absolute atomic E-state index is 0.0759. The molecule has 2 aliphatic heterocycles. The van der Waals surface area contributed by atoms with Gasteiger partial charge in [-0.2, -0.15) is 0 Å². The third-order valence-corrected chi connectivity index (χ3v) is 11.9. The number of nitrogens with one attached hydrogen (secondary N) is 1. The number of benzene rings is 2. The van der Waals surface area contributed by atoms with Gasteiger partial charge in [0.05, 0.1) is 23.6 Å². The van der Waals surface area contributed by atoms with Gasteiger partial charge in [-0.05, 0) is 90.3 Å². The number of amides is 1. The Labute approximate surface area is 264 Å². The zero-order valence-electron chi connectivity index (χ0n) is 26.1. The van der Waals surface area contributed by atoms with Gasteiger partial charge in [-0.25, -0.2) is 4.21 Å². The second-order valence-electron chi connectivity index (χ2n) is 13.3. The maximum atomic E-state index is 13.5. The molecule has 8 heteroatoms. The van der Waals surface area contributed by atoms with Crippen molar-refractivity contribution >= 4 is 34.2 Å². The molecule has 5 rings (SSSR count). The molecule has 8 atom stereocenters. The number of anilines is 1. The lowest BCUT2D eigenvalue weighted by molar-refractivity contribution is 0.0000158. The van der Waals surface area contributed by atoms with Crippen LogP contribution in [0.5, 0.6) is 5.75 Å². The molecule has 0 radical (unpaired) electrons. The Morgan fingerprint density at radius 3 is 2.63 bits per heavy atom. The van der Waals surface area contributed by atoms with E-state index < -0.39 is 17.1 Å². The zero-order chi connectivity index (χ0) is 30.8. The quantitative estimate of drug-likeness (QED) is 0.360. The monoisotopic (exact) mass is 626 g/mol. The molecule has 0 spiro atoms. The molecule has 1 amide bonds. The molecule has 3 aliphatic rings. The first kappa shape index (κ1) is 32.1. The van der Waals surface area contributed by atoms with Crippen molar-refractivity contribution in [2.75, 3.05) is 24.6 Å². The van der Waals surface area contributed by atoms with Crippen molar-refractivity contribution in [2.45, 2.75) is 77.6 Å². The minimum atomic E-state index is -1.56. The fraction of sp³-hybridized carbons (Fsp3) is 0.571. The molecule has 2 bridgehead atoms. The molecule has 43 heavy (non-hydrogen) atoms. The predicted octanol–water partition coefficient (Wildman–Crippen LogP) is 6.92. The number of rotatable bonds is 4. The third kappa shape index (κ3) is 6.99. The Morgan fingerprint density at radius 1 is 1.12 bits per heavy atom. The van der Waals surface area contributed by atoms with E-state index in [0.717, 1.165) is 48.8 Å².